The molecule has 9 heteroatoms. The van der Waals surface area contributed by atoms with Crippen LogP contribution in [0.1, 0.15) is 5.56 Å². The third-order valence-corrected chi connectivity index (χ3v) is 4.92. The Kier molecular flexibility index (Phi) is 4.60. The highest BCUT2D eigenvalue weighted by atomic mass is 32.2. The van der Waals surface area contributed by atoms with E-state index in [0.29, 0.717) is 11.6 Å². The van der Waals surface area contributed by atoms with Crippen LogP contribution in [0.25, 0.3) is 11.1 Å². The van der Waals surface area contributed by atoms with Crippen LogP contribution in [-0.4, -0.2) is 23.2 Å². The zero-order valence-electron chi connectivity index (χ0n) is 13.1. The molecule has 0 radical (unpaired) electrons. The van der Waals surface area contributed by atoms with Gasteiger partial charge in [-0.05, 0) is 23.8 Å². The van der Waals surface area contributed by atoms with Crippen LogP contribution in [0.4, 0.5) is 8.78 Å². The van der Waals surface area contributed by atoms with Crippen molar-refractivity contribution in [3.05, 3.63) is 66.3 Å². The number of nitrogens with one attached hydrogen (secondary N) is 1. The van der Waals surface area contributed by atoms with Gasteiger partial charge >= 0.3 is 0 Å². The SMILES string of the molecule is Cn1cc(-c2cncc(CNS(=O)(=O)c3ccc(F)cc3F)c2)cn1. The second kappa shape index (κ2) is 6.69. The van der Waals surface area contributed by atoms with Crippen LogP contribution in [0.5, 0.6) is 0 Å². The Bertz CT molecular complexity index is 1020. The molecular formula is C16H14F2N4O2S. The maximum atomic E-state index is 13.7. The lowest BCUT2D eigenvalue weighted by molar-refractivity contribution is 0.543. The average molecular weight is 364 g/mol. The highest BCUT2D eigenvalue weighted by molar-refractivity contribution is 7.89. The van der Waals surface area contributed by atoms with Crippen molar-refractivity contribution in [2.75, 3.05) is 0 Å². The number of aryl methyl sites for hydroxylation is 1. The second-order valence-electron chi connectivity index (χ2n) is 5.38. The number of sulfonamides is 1. The molecule has 0 fully saturated rings. The zero-order chi connectivity index (χ0) is 18.0. The Labute approximate surface area is 143 Å². The van der Waals surface area contributed by atoms with Gasteiger partial charge in [0.2, 0.25) is 10.0 Å². The van der Waals surface area contributed by atoms with E-state index in [2.05, 4.69) is 14.8 Å². The molecule has 2 aromatic heterocycles. The van der Waals surface area contributed by atoms with E-state index in [0.717, 1.165) is 23.3 Å². The first-order valence-electron chi connectivity index (χ1n) is 7.23. The summed E-state index contributed by atoms with van der Waals surface area (Å²) in [4.78, 5) is 3.47. The molecule has 6 nitrogen and oxygen atoms in total. The van der Waals surface area contributed by atoms with Crippen LogP contribution in [0.15, 0.2) is 53.9 Å². The Hall–Kier alpha value is -2.65. The summed E-state index contributed by atoms with van der Waals surface area (Å²) in [6.45, 7) is -0.0831. The van der Waals surface area contributed by atoms with Gasteiger partial charge in [0.25, 0.3) is 0 Å². The van der Waals surface area contributed by atoms with E-state index in [1.165, 1.54) is 6.20 Å². The van der Waals surface area contributed by atoms with E-state index < -0.39 is 26.6 Å². The predicted octanol–water partition coefficient (Wildman–Crippen LogP) is 2.24. The van der Waals surface area contributed by atoms with Crippen molar-refractivity contribution in [1.29, 1.82) is 0 Å². The topological polar surface area (TPSA) is 76.9 Å². The van der Waals surface area contributed by atoms with Gasteiger partial charge in [0.1, 0.15) is 16.5 Å². The summed E-state index contributed by atoms with van der Waals surface area (Å²) in [5, 5.41) is 4.07. The number of pyridine rings is 1. The minimum absolute atomic E-state index is 0.0831. The van der Waals surface area contributed by atoms with Crippen molar-refractivity contribution < 1.29 is 17.2 Å². The summed E-state index contributed by atoms with van der Waals surface area (Å²) in [6, 6.07) is 4.06. The highest BCUT2D eigenvalue weighted by Crippen LogP contribution is 2.19. The van der Waals surface area contributed by atoms with E-state index in [-0.39, 0.29) is 6.54 Å². The van der Waals surface area contributed by atoms with Crippen molar-refractivity contribution in [2.45, 2.75) is 11.4 Å². The van der Waals surface area contributed by atoms with E-state index >= 15 is 0 Å². The van der Waals surface area contributed by atoms with Crippen molar-refractivity contribution in [3.8, 4) is 11.1 Å². The maximum Gasteiger partial charge on any atom is 0.243 e. The second-order valence-corrected chi connectivity index (χ2v) is 7.12. The minimum atomic E-state index is -4.12. The summed E-state index contributed by atoms with van der Waals surface area (Å²) in [5.74, 6) is -1.99. The molecule has 1 N–H and O–H groups in total. The van der Waals surface area contributed by atoms with Crippen molar-refractivity contribution in [3.63, 3.8) is 0 Å². The van der Waals surface area contributed by atoms with Gasteiger partial charge in [-0.3, -0.25) is 9.67 Å². The molecule has 3 rings (SSSR count). The van der Waals surface area contributed by atoms with E-state index in [1.807, 2.05) is 0 Å². The standard InChI is InChI=1S/C16H14F2N4O2S/c1-22-10-13(9-20-22)12-4-11(6-19-8-12)7-21-25(23,24)16-3-2-14(17)5-15(16)18/h2-6,8-10,21H,7H2,1H3. The first-order chi connectivity index (χ1) is 11.8. The highest BCUT2D eigenvalue weighted by Gasteiger charge is 2.19. The van der Waals surface area contributed by atoms with Crippen molar-refractivity contribution in [1.82, 2.24) is 19.5 Å². The molecule has 1 aromatic carbocycles. The lowest BCUT2D eigenvalue weighted by Crippen LogP contribution is -2.24. The summed E-state index contributed by atoms with van der Waals surface area (Å²) in [7, 11) is -2.33. The quantitative estimate of drug-likeness (QED) is 0.753. The lowest BCUT2D eigenvalue weighted by atomic mass is 10.1. The molecule has 0 aliphatic carbocycles. The summed E-state index contributed by atoms with van der Waals surface area (Å²) >= 11 is 0. The smallest absolute Gasteiger partial charge is 0.243 e. The summed E-state index contributed by atoms with van der Waals surface area (Å²) in [5.41, 5.74) is 2.20. The van der Waals surface area contributed by atoms with Gasteiger partial charge in [0.15, 0.2) is 0 Å². The van der Waals surface area contributed by atoms with Crippen molar-refractivity contribution >= 4 is 10.0 Å². The van der Waals surface area contributed by atoms with Crippen LogP contribution in [0.2, 0.25) is 0 Å². The van der Waals surface area contributed by atoms with Crippen molar-refractivity contribution in [2.24, 2.45) is 7.05 Å². The van der Waals surface area contributed by atoms with Gasteiger partial charge < -0.3 is 0 Å². The van der Waals surface area contributed by atoms with E-state index in [9.17, 15) is 17.2 Å². The maximum absolute atomic E-state index is 13.7. The molecule has 130 valence electrons. The molecule has 25 heavy (non-hydrogen) atoms. The van der Waals surface area contributed by atoms with Gasteiger partial charge in [-0.25, -0.2) is 21.9 Å². The summed E-state index contributed by atoms with van der Waals surface area (Å²) in [6.07, 6.45) is 6.61. The lowest BCUT2D eigenvalue weighted by Gasteiger charge is -2.08. The Morgan fingerprint density at radius 3 is 2.60 bits per heavy atom. The fourth-order valence-corrected chi connectivity index (χ4v) is 3.34. The fourth-order valence-electron chi connectivity index (χ4n) is 2.26. The summed E-state index contributed by atoms with van der Waals surface area (Å²) < 4.78 is 54.9. The minimum Gasteiger partial charge on any atom is -0.275 e. The molecule has 0 unspecified atom stereocenters. The largest absolute Gasteiger partial charge is 0.275 e. The number of hydrogen-bond acceptors (Lipinski definition) is 4. The molecule has 0 atom stereocenters. The first-order valence-corrected chi connectivity index (χ1v) is 8.71. The van der Waals surface area contributed by atoms with Crippen LogP contribution in [0, 0.1) is 11.6 Å². The van der Waals surface area contributed by atoms with Crippen LogP contribution in [-0.2, 0) is 23.6 Å². The zero-order valence-corrected chi connectivity index (χ0v) is 14.0. The Morgan fingerprint density at radius 1 is 1.12 bits per heavy atom. The number of benzene rings is 1. The molecule has 0 aliphatic heterocycles. The van der Waals surface area contributed by atoms with Crippen LogP contribution >= 0.6 is 0 Å². The number of aromatic nitrogens is 3. The predicted molar refractivity (Wildman–Crippen MR) is 86.8 cm³/mol. The average Bonchev–Trinajstić information content (AvgIpc) is 2.99. The van der Waals surface area contributed by atoms with Gasteiger partial charge in [-0.1, -0.05) is 0 Å². The Morgan fingerprint density at radius 2 is 1.92 bits per heavy atom. The normalized spacial score (nSPS) is 11.6. The van der Waals surface area contributed by atoms with Crippen LogP contribution in [0.3, 0.4) is 0 Å². The number of halogens is 2. The Balaban J connectivity index is 1.79. The molecule has 0 saturated carbocycles. The molecular weight excluding hydrogens is 350 g/mol. The molecule has 0 saturated heterocycles. The number of rotatable bonds is 5. The third kappa shape index (κ3) is 3.89. The van der Waals surface area contributed by atoms with Gasteiger partial charge in [-0.15, -0.1) is 0 Å². The van der Waals surface area contributed by atoms with Gasteiger partial charge in [-0.2, -0.15) is 5.10 Å². The number of hydrogen-bond donors (Lipinski definition) is 1. The monoisotopic (exact) mass is 364 g/mol. The van der Waals surface area contributed by atoms with Gasteiger partial charge in [0.05, 0.1) is 6.20 Å². The molecule has 2 heterocycles. The van der Waals surface area contributed by atoms with E-state index in [1.54, 1.807) is 36.4 Å². The van der Waals surface area contributed by atoms with E-state index in [4.69, 9.17) is 0 Å². The van der Waals surface area contributed by atoms with Crippen LogP contribution < -0.4 is 4.72 Å². The molecule has 3 aromatic rings. The molecule has 0 spiro atoms. The molecule has 0 amide bonds. The first kappa shape index (κ1) is 17.2. The fraction of sp³-hybridized carbons (Fsp3) is 0.125. The van der Waals surface area contributed by atoms with Gasteiger partial charge in [0, 0.05) is 49.4 Å². The number of nitrogens with zero attached hydrogens (tertiary/aromatic N) is 3. The molecule has 0 bridgehead atoms. The third-order valence-electron chi connectivity index (χ3n) is 3.48. The molecule has 0 aliphatic rings.